The number of ether oxygens (including phenoxy) is 1. The molecule has 3 N–H and O–H groups in total. The molecule has 2 aromatic heterocycles. The molecule has 0 fully saturated rings. The third-order valence-electron chi connectivity index (χ3n) is 3.78. The number of hydrogen-bond acceptors (Lipinski definition) is 6. The minimum Gasteiger partial charge on any atom is -0.504 e. The zero-order valence-corrected chi connectivity index (χ0v) is 15.8. The summed E-state index contributed by atoms with van der Waals surface area (Å²) >= 11 is 1.29. The molecule has 3 rings (SSSR count). The van der Waals surface area contributed by atoms with Crippen molar-refractivity contribution in [2.45, 2.75) is 6.92 Å². The van der Waals surface area contributed by atoms with Crippen LogP contribution in [0.1, 0.15) is 18.2 Å². The number of benzene rings is 1. The molecule has 0 aliphatic carbocycles. The van der Waals surface area contributed by atoms with Gasteiger partial charge in [0.2, 0.25) is 0 Å². The third kappa shape index (κ3) is 3.78. The van der Waals surface area contributed by atoms with Crippen LogP contribution >= 0.6 is 11.3 Å². The largest absolute Gasteiger partial charge is 0.504 e. The lowest BCUT2D eigenvalue weighted by atomic mass is 10.1. The maximum atomic E-state index is 12.7. The molecule has 0 aliphatic heterocycles. The van der Waals surface area contributed by atoms with E-state index in [1.165, 1.54) is 28.9 Å². The second-order valence-corrected chi connectivity index (χ2v) is 6.88. The summed E-state index contributed by atoms with van der Waals surface area (Å²) in [7, 11) is 1.48. The summed E-state index contributed by atoms with van der Waals surface area (Å²) in [6.07, 6.45) is 8.67. The average Bonchev–Trinajstić information content (AvgIpc) is 3.16. The predicted molar refractivity (Wildman–Crippen MR) is 109 cm³/mol. The Morgan fingerprint density at radius 3 is 2.85 bits per heavy atom. The maximum Gasteiger partial charge on any atom is 0.274 e. The van der Waals surface area contributed by atoms with Crippen molar-refractivity contribution in [2.75, 3.05) is 7.11 Å². The number of nitrogens with two attached hydrogens (primary N) is 1. The van der Waals surface area contributed by atoms with Crippen molar-refractivity contribution in [1.29, 1.82) is 0 Å². The van der Waals surface area contributed by atoms with Crippen molar-refractivity contribution in [2.24, 2.45) is 5.73 Å². The first-order valence-electron chi connectivity index (χ1n) is 8.10. The van der Waals surface area contributed by atoms with Gasteiger partial charge in [-0.1, -0.05) is 36.1 Å². The molecule has 0 amide bonds. The van der Waals surface area contributed by atoms with Crippen LogP contribution in [-0.4, -0.2) is 21.6 Å². The van der Waals surface area contributed by atoms with Crippen molar-refractivity contribution in [3.63, 3.8) is 0 Å². The molecular formula is C20H19N3O3S. The highest BCUT2D eigenvalue weighted by molar-refractivity contribution is 7.15. The number of thiazole rings is 1. The highest BCUT2D eigenvalue weighted by Gasteiger charge is 2.11. The Labute approximate surface area is 159 Å². The van der Waals surface area contributed by atoms with E-state index in [4.69, 9.17) is 10.5 Å². The Morgan fingerprint density at radius 2 is 2.22 bits per heavy atom. The van der Waals surface area contributed by atoms with Gasteiger partial charge in [0.15, 0.2) is 16.5 Å². The van der Waals surface area contributed by atoms with Crippen LogP contribution in [0.4, 0.5) is 0 Å². The summed E-state index contributed by atoms with van der Waals surface area (Å²) in [6, 6.07) is 4.91. The van der Waals surface area contributed by atoms with E-state index in [1.54, 1.807) is 49.6 Å². The summed E-state index contributed by atoms with van der Waals surface area (Å²) in [5, 5.41) is 9.69. The molecule has 7 heteroatoms. The summed E-state index contributed by atoms with van der Waals surface area (Å²) in [6.45, 7) is 5.49. The lowest BCUT2D eigenvalue weighted by Crippen LogP contribution is -2.22. The van der Waals surface area contributed by atoms with Crippen molar-refractivity contribution in [1.82, 2.24) is 9.38 Å². The van der Waals surface area contributed by atoms with Crippen LogP contribution in [0.2, 0.25) is 0 Å². The number of fused-ring (bicyclic) bond motifs is 1. The Kier molecular flexibility index (Phi) is 5.14. The van der Waals surface area contributed by atoms with Crippen molar-refractivity contribution < 1.29 is 9.84 Å². The highest BCUT2D eigenvalue weighted by atomic mass is 32.1. The highest BCUT2D eigenvalue weighted by Crippen LogP contribution is 2.26. The molecule has 0 radical (unpaired) electrons. The smallest absolute Gasteiger partial charge is 0.274 e. The van der Waals surface area contributed by atoms with Crippen LogP contribution in [0.15, 0.2) is 59.7 Å². The van der Waals surface area contributed by atoms with Gasteiger partial charge in [-0.25, -0.2) is 4.98 Å². The fourth-order valence-electron chi connectivity index (χ4n) is 2.59. The van der Waals surface area contributed by atoms with E-state index in [2.05, 4.69) is 11.6 Å². The Bertz CT molecular complexity index is 1180. The summed E-state index contributed by atoms with van der Waals surface area (Å²) < 4.78 is 7.15. The fraction of sp³-hybridized carbons (Fsp3) is 0.100. The molecule has 0 saturated heterocycles. The molecule has 0 spiro atoms. The number of aromatic nitrogens is 2. The number of rotatable bonds is 5. The fourth-order valence-corrected chi connectivity index (χ4v) is 3.54. The van der Waals surface area contributed by atoms with Crippen LogP contribution in [0.25, 0.3) is 16.6 Å². The van der Waals surface area contributed by atoms with E-state index in [9.17, 15) is 9.90 Å². The third-order valence-corrected chi connectivity index (χ3v) is 4.77. The number of allylic oxidation sites excluding steroid dienone is 5. The molecule has 6 nitrogen and oxygen atoms in total. The number of imidazole rings is 1. The van der Waals surface area contributed by atoms with E-state index in [0.717, 1.165) is 11.1 Å². The van der Waals surface area contributed by atoms with Crippen LogP contribution in [0.3, 0.4) is 0 Å². The lowest BCUT2D eigenvalue weighted by molar-refractivity contribution is 0.373. The van der Waals surface area contributed by atoms with E-state index >= 15 is 0 Å². The molecule has 0 unspecified atom stereocenters. The van der Waals surface area contributed by atoms with Crippen LogP contribution in [0.5, 0.6) is 11.5 Å². The molecule has 1 aromatic carbocycles. The molecule has 0 saturated carbocycles. The SMILES string of the molecule is C=C/C=C(\C=C(\C)N)c1cn2c(=O)/c(=C/c3ccc(O)c(OC)c3)sc2n1. The van der Waals surface area contributed by atoms with E-state index in [1.807, 2.05) is 0 Å². The van der Waals surface area contributed by atoms with Gasteiger partial charge >= 0.3 is 0 Å². The normalized spacial score (nSPS) is 13.3. The topological polar surface area (TPSA) is 89.9 Å². The first kappa shape index (κ1) is 18.5. The number of nitrogens with zero attached hydrogens (tertiary/aromatic N) is 2. The van der Waals surface area contributed by atoms with Gasteiger partial charge in [0.05, 0.1) is 17.3 Å². The molecule has 3 aromatic rings. The van der Waals surface area contributed by atoms with Gasteiger partial charge in [0, 0.05) is 17.5 Å². The first-order chi connectivity index (χ1) is 12.9. The zero-order valence-electron chi connectivity index (χ0n) is 15.0. The number of aromatic hydroxyl groups is 1. The van der Waals surface area contributed by atoms with Crippen molar-refractivity contribution in [3.05, 3.63) is 81.0 Å². The van der Waals surface area contributed by atoms with Gasteiger partial charge in [-0.3, -0.25) is 9.20 Å². The Morgan fingerprint density at radius 1 is 1.44 bits per heavy atom. The minimum atomic E-state index is -0.160. The zero-order chi connectivity index (χ0) is 19.6. The van der Waals surface area contributed by atoms with Gasteiger partial charge < -0.3 is 15.6 Å². The van der Waals surface area contributed by atoms with E-state index in [-0.39, 0.29) is 11.3 Å². The van der Waals surface area contributed by atoms with E-state index < -0.39 is 0 Å². The maximum absolute atomic E-state index is 12.7. The standard InChI is InChI=1S/C20H19N3O3S/c1-4-5-14(8-12(2)21)15-11-23-19(25)18(27-20(23)22-15)10-13-6-7-16(24)17(9-13)26-3/h4-11,24H,1,21H2,2-3H3/b12-8-,14-5+,18-10-. The molecule has 138 valence electrons. The van der Waals surface area contributed by atoms with Gasteiger partial charge in [-0.15, -0.1) is 0 Å². The van der Waals surface area contributed by atoms with Gasteiger partial charge in [-0.2, -0.15) is 0 Å². The molecule has 2 heterocycles. The number of hydrogen-bond donors (Lipinski definition) is 2. The number of methoxy groups -OCH3 is 1. The summed E-state index contributed by atoms with van der Waals surface area (Å²) in [5.41, 5.74) is 8.43. The monoisotopic (exact) mass is 381 g/mol. The van der Waals surface area contributed by atoms with Gasteiger partial charge in [0.25, 0.3) is 5.56 Å². The first-order valence-corrected chi connectivity index (χ1v) is 8.92. The number of phenolic OH excluding ortho intramolecular Hbond substituents is 1. The van der Waals surface area contributed by atoms with Gasteiger partial charge in [-0.05, 0) is 36.8 Å². The minimum absolute atomic E-state index is 0.0485. The van der Waals surface area contributed by atoms with Crippen molar-refractivity contribution in [3.8, 4) is 11.5 Å². The number of phenols is 1. The Hall–Kier alpha value is -3.32. The van der Waals surface area contributed by atoms with Crippen LogP contribution in [-0.2, 0) is 0 Å². The lowest BCUT2D eigenvalue weighted by Gasteiger charge is -2.03. The molecule has 0 bridgehead atoms. The van der Waals surface area contributed by atoms with Crippen LogP contribution in [0, 0.1) is 0 Å². The van der Waals surface area contributed by atoms with Crippen molar-refractivity contribution >= 4 is 27.9 Å². The average molecular weight is 381 g/mol. The summed E-state index contributed by atoms with van der Waals surface area (Å²) in [5.74, 6) is 0.398. The quantitative estimate of drug-likeness (QED) is 0.663. The van der Waals surface area contributed by atoms with E-state index in [0.29, 0.717) is 26.6 Å². The molecule has 0 aliphatic rings. The predicted octanol–water partition coefficient (Wildman–Crippen LogP) is 2.45. The van der Waals surface area contributed by atoms with Crippen LogP contribution < -0.4 is 20.6 Å². The molecule has 27 heavy (non-hydrogen) atoms. The second-order valence-electron chi connectivity index (χ2n) is 5.87. The molecule has 0 atom stereocenters. The summed E-state index contributed by atoms with van der Waals surface area (Å²) in [4.78, 5) is 17.8. The Balaban J connectivity index is 2.09. The second kappa shape index (κ2) is 7.51. The molecular weight excluding hydrogens is 362 g/mol. The van der Waals surface area contributed by atoms with Gasteiger partial charge in [0.1, 0.15) is 0 Å².